The van der Waals surface area contributed by atoms with Gasteiger partial charge >= 0.3 is 0 Å². The maximum Gasteiger partial charge on any atom is 0.228 e. The van der Waals surface area contributed by atoms with Gasteiger partial charge in [0, 0.05) is 45.7 Å². The van der Waals surface area contributed by atoms with Crippen LogP contribution in [0.15, 0.2) is 21.6 Å². The number of hydrogen-bond acceptors (Lipinski definition) is 8. The second-order valence-electron chi connectivity index (χ2n) is 7.52. The Bertz CT molecular complexity index is 867. The van der Waals surface area contributed by atoms with Gasteiger partial charge in [0.15, 0.2) is 23.3 Å². The zero-order chi connectivity index (χ0) is 22.9. The van der Waals surface area contributed by atoms with Crippen LogP contribution >= 0.6 is 0 Å². The number of piperazine rings is 1. The van der Waals surface area contributed by atoms with Crippen molar-refractivity contribution in [3.63, 3.8) is 0 Å². The van der Waals surface area contributed by atoms with Gasteiger partial charge in [-0.2, -0.15) is 4.98 Å². The minimum Gasteiger partial charge on any atom is -0.493 e. The number of methoxy groups -OCH3 is 3. The summed E-state index contributed by atoms with van der Waals surface area (Å²) in [6.45, 7) is 9.81. The highest BCUT2D eigenvalue weighted by atomic mass is 16.5. The number of aryl methyl sites for hydroxylation is 1. The van der Waals surface area contributed by atoms with E-state index in [1.54, 1.807) is 21.3 Å². The molecule has 1 aromatic heterocycles. The van der Waals surface area contributed by atoms with E-state index in [2.05, 4.69) is 32.2 Å². The molecule has 1 N–H and O–H groups in total. The van der Waals surface area contributed by atoms with Crippen molar-refractivity contribution in [2.45, 2.75) is 26.8 Å². The predicted molar refractivity (Wildman–Crippen MR) is 122 cm³/mol. The average molecular weight is 447 g/mol. The predicted octanol–water partition coefficient (Wildman–Crippen LogP) is 1.73. The molecule has 176 valence electrons. The van der Waals surface area contributed by atoms with Crippen molar-refractivity contribution in [2.24, 2.45) is 4.99 Å². The smallest absolute Gasteiger partial charge is 0.228 e. The lowest BCUT2D eigenvalue weighted by molar-refractivity contribution is 0.172. The minimum atomic E-state index is 0.607. The number of aromatic nitrogens is 2. The molecule has 1 saturated heterocycles. The Morgan fingerprint density at radius 3 is 2.31 bits per heavy atom. The lowest BCUT2D eigenvalue weighted by Crippen LogP contribution is -2.52. The van der Waals surface area contributed by atoms with Crippen molar-refractivity contribution in [3.05, 3.63) is 29.4 Å². The van der Waals surface area contributed by atoms with Crippen molar-refractivity contribution in [2.75, 3.05) is 60.6 Å². The van der Waals surface area contributed by atoms with E-state index in [4.69, 9.17) is 23.7 Å². The van der Waals surface area contributed by atoms with Crippen molar-refractivity contribution < 1.29 is 18.7 Å². The molecule has 1 fully saturated rings. The van der Waals surface area contributed by atoms with Gasteiger partial charge in [0.2, 0.25) is 11.6 Å². The molecule has 0 unspecified atom stereocenters. The molecule has 1 aromatic carbocycles. The average Bonchev–Trinajstić information content (AvgIpc) is 3.23. The summed E-state index contributed by atoms with van der Waals surface area (Å²) in [5, 5.41) is 7.22. The summed E-state index contributed by atoms with van der Waals surface area (Å²) in [6, 6.07) is 4.02. The number of benzene rings is 1. The summed E-state index contributed by atoms with van der Waals surface area (Å²) in [5.74, 6) is 4.18. The minimum absolute atomic E-state index is 0.607. The summed E-state index contributed by atoms with van der Waals surface area (Å²) >= 11 is 0. The number of hydrogen-bond donors (Lipinski definition) is 1. The van der Waals surface area contributed by atoms with Crippen LogP contribution in [0.1, 0.15) is 24.2 Å². The number of ether oxygens (including phenoxy) is 3. The third kappa shape index (κ3) is 6.03. The van der Waals surface area contributed by atoms with E-state index in [1.165, 1.54) is 0 Å². The molecule has 0 amide bonds. The highest BCUT2D eigenvalue weighted by Gasteiger charge is 2.21. The van der Waals surface area contributed by atoms with Crippen LogP contribution in [0, 0.1) is 6.92 Å². The van der Waals surface area contributed by atoms with Gasteiger partial charge in [0.05, 0.1) is 27.9 Å². The maximum absolute atomic E-state index is 5.48. The summed E-state index contributed by atoms with van der Waals surface area (Å²) in [7, 11) is 4.90. The summed E-state index contributed by atoms with van der Waals surface area (Å²) in [4.78, 5) is 13.7. The molecule has 2 heterocycles. The molecule has 10 nitrogen and oxygen atoms in total. The first-order valence-corrected chi connectivity index (χ1v) is 10.9. The normalized spacial score (nSPS) is 15.0. The van der Waals surface area contributed by atoms with Gasteiger partial charge in [-0.05, 0) is 31.5 Å². The van der Waals surface area contributed by atoms with E-state index in [-0.39, 0.29) is 0 Å². The van der Waals surface area contributed by atoms with Crippen LogP contribution in [0.5, 0.6) is 17.2 Å². The highest BCUT2D eigenvalue weighted by Crippen LogP contribution is 2.38. The van der Waals surface area contributed by atoms with Crippen molar-refractivity contribution in [1.29, 1.82) is 0 Å². The molecule has 32 heavy (non-hydrogen) atoms. The van der Waals surface area contributed by atoms with Gasteiger partial charge in [-0.1, -0.05) is 5.16 Å². The molecule has 1 aliphatic rings. The Kier molecular flexibility index (Phi) is 8.55. The van der Waals surface area contributed by atoms with Crippen LogP contribution in [0.2, 0.25) is 0 Å². The molecule has 1 aliphatic heterocycles. The first-order valence-electron chi connectivity index (χ1n) is 10.9. The highest BCUT2D eigenvalue weighted by molar-refractivity contribution is 5.80. The quantitative estimate of drug-likeness (QED) is 0.456. The fraction of sp³-hybridized carbons (Fsp3) is 0.591. The summed E-state index contributed by atoms with van der Waals surface area (Å²) in [6.07, 6.45) is 0.636. The molecular formula is C22H34N6O4. The lowest BCUT2D eigenvalue weighted by atomic mass is 10.1. The Hall–Kier alpha value is -3.01. The monoisotopic (exact) mass is 446 g/mol. The van der Waals surface area contributed by atoms with E-state index in [0.717, 1.165) is 50.8 Å². The molecule has 0 saturated carbocycles. The number of nitrogens with one attached hydrogen (secondary N) is 1. The van der Waals surface area contributed by atoms with Crippen molar-refractivity contribution in [3.8, 4) is 17.2 Å². The van der Waals surface area contributed by atoms with Crippen LogP contribution in [0.3, 0.4) is 0 Å². The van der Waals surface area contributed by atoms with E-state index < -0.39 is 0 Å². The molecule has 0 bridgehead atoms. The van der Waals surface area contributed by atoms with Crippen molar-refractivity contribution >= 4 is 5.96 Å². The van der Waals surface area contributed by atoms with Gasteiger partial charge < -0.3 is 29.0 Å². The maximum atomic E-state index is 5.48. The third-order valence-corrected chi connectivity index (χ3v) is 5.29. The van der Waals surface area contributed by atoms with E-state index in [9.17, 15) is 0 Å². The van der Waals surface area contributed by atoms with Crippen LogP contribution in [0.25, 0.3) is 0 Å². The van der Waals surface area contributed by atoms with Gasteiger partial charge in [-0.3, -0.25) is 9.89 Å². The topological polar surface area (TPSA) is 97.5 Å². The number of nitrogens with zero attached hydrogens (tertiary/aromatic N) is 5. The van der Waals surface area contributed by atoms with E-state index in [0.29, 0.717) is 41.9 Å². The first-order chi connectivity index (χ1) is 15.6. The second-order valence-corrected chi connectivity index (χ2v) is 7.52. The third-order valence-electron chi connectivity index (χ3n) is 5.29. The van der Waals surface area contributed by atoms with Crippen LogP contribution in [-0.4, -0.2) is 86.5 Å². The molecule has 10 heteroatoms. The van der Waals surface area contributed by atoms with Gasteiger partial charge in [0.25, 0.3) is 0 Å². The SMILES string of the molecule is CCNC(=NCCc1nc(C)no1)N1CCN(Cc2cc(OC)c(OC)c(OC)c2)CC1. The van der Waals surface area contributed by atoms with Crippen LogP contribution < -0.4 is 19.5 Å². The van der Waals surface area contributed by atoms with Crippen LogP contribution in [-0.2, 0) is 13.0 Å². The molecule has 0 atom stereocenters. The molecule has 0 radical (unpaired) electrons. The van der Waals surface area contributed by atoms with E-state index in [1.807, 2.05) is 19.1 Å². The van der Waals surface area contributed by atoms with Crippen molar-refractivity contribution in [1.82, 2.24) is 25.3 Å². The standard InChI is InChI=1S/C22H34N6O4/c1-6-23-22(24-8-7-20-25-16(2)26-32-20)28-11-9-27(10-12-28)15-17-13-18(29-3)21(31-5)19(14-17)30-4/h13-14H,6-12,15H2,1-5H3,(H,23,24). The Balaban J connectivity index is 1.57. The molecule has 2 aromatic rings. The van der Waals surface area contributed by atoms with E-state index >= 15 is 0 Å². The molecular weight excluding hydrogens is 412 g/mol. The van der Waals surface area contributed by atoms with Gasteiger partial charge in [0.1, 0.15) is 0 Å². The van der Waals surface area contributed by atoms with Crippen LogP contribution in [0.4, 0.5) is 0 Å². The summed E-state index contributed by atoms with van der Waals surface area (Å²) < 4.78 is 21.6. The fourth-order valence-electron chi connectivity index (χ4n) is 3.73. The number of rotatable bonds is 9. The zero-order valence-electron chi connectivity index (χ0n) is 19.7. The molecule has 0 spiro atoms. The summed E-state index contributed by atoms with van der Waals surface area (Å²) in [5.41, 5.74) is 1.13. The number of guanidine groups is 1. The fourth-order valence-corrected chi connectivity index (χ4v) is 3.73. The van der Waals surface area contributed by atoms with Gasteiger partial charge in [-0.25, -0.2) is 0 Å². The van der Waals surface area contributed by atoms with Gasteiger partial charge in [-0.15, -0.1) is 0 Å². The first kappa shape index (κ1) is 23.6. The number of aliphatic imine (C=N–C) groups is 1. The zero-order valence-corrected chi connectivity index (χ0v) is 19.7. The largest absolute Gasteiger partial charge is 0.493 e. The Labute approximate surface area is 189 Å². The molecule has 3 rings (SSSR count). The Morgan fingerprint density at radius 2 is 1.78 bits per heavy atom. The second kappa shape index (κ2) is 11.6. The lowest BCUT2D eigenvalue weighted by Gasteiger charge is -2.36. The molecule has 0 aliphatic carbocycles. The Morgan fingerprint density at radius 1 is 1.09 bits per heavy atom.